The Hall–Kier alpha value is -2.43. The van der Waals surface area contributed by atoms with Crippen LogP contribution in [0, 0.1) is 0 Å². The van der Waals surface area contributed by atoms with Crippen molar-refractivity contribution < 1.29 is 9.84 Å². The topological polar surface area (TPSA) is 57.6 Å². The molecule has 0 saturated heterocycles. The second-order valence-corrected chi connectivity index (χ2v) is 5.10. The van der Waals surface area contributed by atoms with Crippen molar-refractivity contribution in [2.45, 2.75) is 13.0 Å². The number of methoxy groups -OCH3 is 1. The van der Waals surface area contributed by atoms with E-state index < -0.39 is 0 Å². The lowest BCUT2D eigenvalue weighted by molar-refractivity contribution is 0.373. The molecule has 0 aliphatic carbocycles. The molecule has 5 heteroatoms. The molecular formula is C16H21N3O2. The molecule has 0 aliphatic heterocycles. The molecule has 0 spiro atoms. The number of pyridine rings is 1. The van der Waals surface area contributed by atoms with Crippen LogP contribution in [0.4, 0.5) is 11.5 Å². The maximum atomic E-state index is 9.63. The molecule has 0 radical (unpaired) electrons. The first kappa shape index (κ1) is 15.0. The number of rotatable bonds is 5. The van der Waals surface area contributed by atoms with Gasteiger partial charge in [-0.25, -0.2) is 4.98 Å². The van der Waals surface area contributed by atoms with Crippen LogP contribution in [0.1, 0.15) is 18.5 Å². The van der Waals surface area contributed by atoms with Gasteiger partial charge in [0.15, 0.2) is 11.5 Å². The Morgan fingerprint density at radius 3 is 2.57 bits per heavy atom. The molecule has 0 aliphatic rings. The minimum absolute atomic E-state index is 0.0755. The first-order valence-electron chi connectivity index (χ1n) is 6.78. The lowest BCUT2D eigenvalue weighted by atomic mass is 10.1. The maximum absolute atomic E-state index is 9.63. The summed E-state index contributed by atoms with van der Waals surface area (Å²) in [7, 11) is 5.46. The van der Waals surface area contributed by atoms with Crippen LogP contribution >= 0.6 is 0 Å². The van der Waals surface area contributed by atoms with E-state index in [4.69, 9.17) is 4.74 Å². The number of aromatic hydroxyl groups is 1. The van der Waals surface area contributed by atoms with E-state index in [2.05, 4.69) is 10.3 Å². The quantitative estimate of drug-likeness (QED) is 0.885. The summed E-state index contributed by atoms with van der Waals surface area (Å²) < 4.78 is 5.13. The van der Waals surface area contributed by atoms with Gasteiger partial charge in [0.2, 0.25) is 0 Å². The van der Waals surface area contributed by atoms with Gasteiger partial charge < -0.3 is 20.1 Å². The summed E-state index contributed by atoms with van der Waals surface area (Å²) in [5.74, 6) is 1.53. The van der Waals surface area contributed by atoms with Gasteiger partial charge in [-0.1, -0.05) is 6.07 Å². The summed E-state index contributed by atoms with van der Waals surface area (Å²) in [5.41, 5.74) is 1.97. The van der Waals surface area contributed by atoms with Crippen molar-refractivity contribution in [1.29, 1.82) is 0 Å². The van der Waals surface area contributed by atoms with Crippen LogP contribution in [0.15, 0.2) is 36.5 Å². The van der Waals surface area contributed by atoms with Gasteiger partial charge in [0.1, 0.15) is 5.82 Å². The van der Waals surface area contributed by atoms with Gasteiger partial charge in [-0.15, -0.1) is 0 Å². The van der Waals surface area contributed by atoms with Gasteiger partial charge in [-0.05, 0) is 36.8 Å². The van der Waals surface area contributed by atoms with Crippen LogP contribution < -0.4 is 15.0 Å². The third-order valence-electron chi connectivity index (χ3n) is 3.29. The van der Waals surface area contributed by atoms with Crippen LogP contribution in [0.25, 0.3) is 0 Å². The summed E-state index contributed by atoms with van der Waals surface area (Å²) in [6.45, 7) is 2.05. The number of nitrogens with one attached hydrogen (secondary N) is 1. The lowest BCUT2D eigenvalue weighted by Gasteiger charge is -2.17. The number of phenolic OH excluding ortho intramolecular Hbond substituents is 1. The van der Waals surface area contributed by atoms with Crippen LogP contribution in [-0.4, -0.2) is 31.3 Å². The molecular weight excluding hydrogens is 266 g/mol. The largest absolute Gasteiger partial charge is 0.504 e. The van der Waals surface area contributed by atoms with Crippen molar-refractivity contribution in [1.82, 2.24) is 4.98 Å². The monoisotopic (exact) mass is 287 g/mol. The first-order valence-corrected chi connectivity index (χ1v) is 6.78. The van der Waals surface area contributed by atoms with Gasteiger partial charge in [0.05, 0.1) is 19.0 Å². The number of aromatic nitrogens is 1. The third-order valence-corrected chi connectivity index (χ3v) is 3.29. The predicted molar refractivity (Wildman–Crippen MR) is 85.3 cm³/mol. The minimum Gasteiger partial charge on any atom is -0.504 e. The molecule has 5 nitrogen and oxygen atoms in total. The zero-order valence-corrected chi connectivity index (χ0v) is 12.8. The smallest absolute Gasteiger partial charge is 0.160 e. The Labute approximate surface area is 125 Å². The van der Waals surface area contributed by atoms with E-state index in [1.54, 1.807) is 13.2 Å². The first-order chi connectivity index (χ1) is 10.0. The van der Waals surface area contributed by atoms with E-state index in [1.165, 1.54) is 0 Å². The highest BCUT2D eigenvalue weighted by Crippen LogP contribution is 2.30. The van der Waals surface area contributed by atoms with Gasteiger partial charge in [-0.3, -0.25) is 0 Å². The van der Waals surface area contributed by atoms with Gasteiger partial charge in [-0.2, -0.15) is 0 Å². The summed E-state index contributed by atoms with van der Waals surface area (Å²) in [4.78, 5) is 6.33. The van der Waals surface area contributed by atoms with Gasteiger partial charge >= 0.3 is 0 Å². The van der Waals surface area contributed by atoms with E-state index in [1.807, 2.05) is 56.4 Å². The number of ether oxygens (including phenoxy) is 1. The molecule has 1 heterocycles. The van der Waals surface area contributed by atoms with Crippen molar-refractivity contribution >= 4 is 11.5 Å². The molecule has 2 N–H and O–H groups in total. The van der Waals surface area contributed by atoms with Crippen LogP contribution in [0.3, 0.4) is 0 Å². The number of hydrogen-bond donors (Lipinski definition) is 2. The molecule has 1 aromatic carbocycles. The fraction of sp³-hybridized carbons (Fsp3) is 0.312. The van der Waals surface area contributed by atoms with Crippen molar-refractivity contribution in [2.75, 3.05) is 31.4 Å². The Kier molecular flexibility index (Phi) is 4.52. The second kappa shape index (κ2) is 6.35. The molecule has 1 unspecified atom stereocenters. The van der Waals surface area contributed by atoms with Crippen molar-refractivity contribution in [2.24, 2.45) is 0 Å². The molecule has 112 valence electrons. The van der Waals surface area contributed by atoms with E-state index in [0.717, 1.165) is 17.1 Å². The highest BCUT2D eigenvalue weighted by atomic mass is 16.5. The van der Waals surface area contributed by atoms with Gasteiger partial charge in [0.25, 0.3) is 0 Å². The van der Waals surface area contributed by atoms with E-state index >= 15 is 0 Å². The summed E-state index contributed by atoms with van der Waals surface area (Å²) in [5, 5.41) is 13.0. The fourth-order valence-electron chi connectivity index (χ4n) is 2.03. The van der Waals surface area contributed by atoms with Crippen molar-refractivity contribution in [3.63, 3.8) is 0 Å². The number of nitrogens with zero attached hydrogens (tertiary/aromatic N) is 2. The summed E-state index contributed by atoms with van der Waals surface area (Å²) >= 11 is 0. The Balaban J connectivity index is 2.12. The average molecular weight is 287 g/mol. The number of anilines is 2. The third kappa shape index (κ3) is 3.56. The molecule has 21 heavy (non-hydrogen) atoms. The summed E-state index contributed by atoms with van der Waals surface area (Å²) in [6.07, 6.45) is 1.81. The molecule has 1 aromatic heterocycles. The van der Waals surface area contributed by atoms with Crippen LogP contribution in [-0.2, 0) is 0 Å². The Morgan fingerprint density at radius 2 is 2.00 bits per heavy atom. The zero-order chi connectivity index (χ0) is 15.4. The number of phenols is 1. The van der Waals surface area contributed by atoms with Crippen molar-refractivity contribution in [3.8, 4) is 11.5 Å². The standard InChI is InChI=1S/C16H21N3O2/c1-11(12-5-7-14(20)15(9-12)21-4)18-13-6-8-16(17-10-13)19(2)3/h5-11,18,20H,1-4H3. The van der Waals surface area contributed by atoms with Gasteiger partial charge in [0, 0.05) is 20.1 Å². The normalized spacial score (nSPS) is 11.8. The minimum atomic E-state index is 0.0755. The molecule has 1 atom stereocenters. The predicted octanol–water partition coefficient (Wildman–Crippen LogP) is 3.03. The highest BCUT2D eigenvalue weighted by Gasteiger charge is 2.09. The Morgan fingerprint density at radius 1 is 1.24 bits per heavy atom. The maximum Gasteiger partial charge on any atom is 0.160 e. The van der Waals surface area contributed by atoms with Crippen LogP contribution in [0.2, 0.25) is 0 Å². The fourth-order valence-corrected chi connectivity index (χ4v) is 2.03. The molecule has 2 rings (SSSR count). The molecule has 0 saturated carbocycles. The molecule has 0 amide bonds. The van der Waals surface area contributed by atoms with Crippen LogP contribution in [0.5, 0.6) is 11.5 Å². The number of hydrogen-bond acceptors (Lipinski definition) is 5. The van der Waals surface area contributed by atoms with E-state index in [9.17, 15) is 5.11 Å². The molecule has 0 bridgehead atoms. The SMILES string of the molecule is COc1cc(C(C)Nc2ccc(N(C)C)nc2)ccc1O. The average Bonchev–Trinajstić information content (AvgIpc) is 2.48. The molecule has 0 fully saturated rings. The zero-order valence-electron chi connectivity index (χ0n) is 12.8. The lowest BCUT2D eigenvalue weighted by Crippen LogP contribution is -2.11. The van der Waals surface area contributed by atoms with Crippen molar-refractivity contribution in [3.05, 3.63) is 42.1 Å². The second-order valence-electron chi connectivity index (χ2n) is 5.10. The Bertz CT molecular complexity index is 597. The summed E-state index contributed by atoms with van der Waals surface area (Å²) in [6, 6.07) is 9.38. The molecule has 2 aromatic rings. The van der Waals surface area contributed by atoms with E-state index in [0.29, 0.717) is 5.75 Å². The van der Waals surface area contributed by atoms with E-state index in [-0.39, 0.29) is 11.8 Å². The number of benzene rings is 1. The highest BCUT2D eigenvalue weighted by molar-refractivity contribution is 5.50.